The lowest BCUT2D eigenvalue weighted by molar-refractivity contribution is 0.0938. The monoisotopic (exact) mass is 465 g/mol. The van der Waals surface area contributed by atoms with Crippen LogP contribution in [0.1, 0.15) is 28.9 Å². The van der Waals surface area contributed by atoms with Gasteiger partial charge in [-0.25, -0.2) is 8.78 Å². The molecule has 0 fully saturated rings. The minimum absolute atomic E-state index is 0.116. The van der Waals surface area contributed by atoms with E-state index in [1.807, 2.05) is 6.07 Å². The number of hydrogen-bond donors (Lipinski definition) is 1. The highest BCUT2D eigenvalue weighted by Crippen LogP contribution is 2.22. The van der Waals surface area contributed by atoms with Crippen LogP contribution in [0.5, 0.6) is 0 Å². The first-order valence-electron chi connectivity index (χ1n) is 6.09. The fraction of sp³-hybridized carbons (Fsp3) is 0.133. The largest absolute Gasteiger partial charge is 0.345 e. The van der Waals surface area contributed by atoms with Crippen LogP contribution in [0.15, 0.2) is 40.9 Å². The third-order valence-corrected chi connectivity index (χ3v) is 4.31. The molecule has 0 spiro atoms. The summed E-state index contributed by atoms with van der Waals surface area (Å²) in [6.07, 6.45) is 0. The minimum Gasteiger partial charge on any atom is -0.345 e. The molecule has 0 radical (unpaired) electrons. The predicted molar refractivity (Wildman–Crippen MR) is 89.1 cm³/mol. The van der Waals surface area contributed by atoms with Crippen molar-refractivity contribution in [3.8, 4) is 0 Å². The van der Waals surface area contributed by atoms with E-state index >= 15 is 0 Å². The van der Waals surface area contributed by atoms with Crippen molar-refractivity contribution in [3.05, 3.63) is 67.2 Å². The molecule has 21 heavy (non-hydrogen) atoms. The van der Waals surface area contributed by atoms with Crippen molar-refractivity contribution < 1.29 is 13.6 Å². The van der Waals surface area contributed by atoms with E-state index in [0.29, 0.717) is 10.0 Å². The molecule has 6 heteroatoms. The Morgan fingerprint density at radius 2 is 1.95 bits per heavy atom. The van der Waals surface area contributed by atoms with Crippen LogP contribution in [0.2, 0.25) is 0 Å². The van der Waals surface area contributed by atoms with E-state index in [1.54, 1.807) is 19.1 Å². The molecule has 1 unspecified atom stereocenters. The van der Waals surface area contributed by atoms with Gasteiger partial charge in [-0.05, 0) is 81.8 Å². The van der Waals surface area contributed by atoms with Gasteiger partial charge in [-0.1, -0.05) is 0 Å². The summed E-state index contributed by atoms with van der Waals surface area (Å²) in [5.41, 5.74) is 0.565. The van der Waals surface area contributed by atoms with E-state index in [2.05, 4.69) is 43.8 Å². The maximum atomic E-state index is 13.7. The molecule has 1 atom stereocenters. The standard InChI is InChI=1S/C15H11BrF2INO/c1-8(11-6-9(17)2-5-14(11)18)20-15(21)12-7-10(19)3-4-13(12)16/h2-8H,1H3,(H,20,21). The normalized spacial score (nSPS) is 12.0. The summed E-state index contributed by atoms with van der Waals surface area (Å²) in [6.45, 7) is 1.61. The number of carbonyl (C=O) groups is 1. The Balaban J connectivity index is 2.23. The summed E-state index contributed by atoms with van der Waals surface area (Å²) < 4.78 is 28.4. The molecule has 0 aliphatic heterocycles. The van der Waals surface area contributed by atoms with Crippen LogP contribution >= 0.6 is 38.5 Å². The molecule has 1 amide bonds. The smallest absolute Gasteiger partial charge is 0.252 e. The highest BCUT2D eigenvalue weighted by molar-refractivity contribution is 14.1. The molecule has 0 aliphatic rings. The Morgan fingerprint density at radius 1 is 1.24 bits per heavy atom. The molecule has 0 bridgehead atoms. The lowest BCUT2D eigenvalue weighted by Crippen LogP contribution is -2.27. The van der Waals surface area contributed by atoms with Gasteiger partial charge >= 0.3 is 0 Å². The molecule has 1 N–H and O–H groups in total. The van der Waals surface area contributed by atoms with E-state index in [9.17, 15) is 13.6 Å². The first kappa shape index (κ1) is 16.4. The van der Waals surface area contributed by atoms with Crippen molar-refractivity contribution in [2.45, 2.75) is 13.0 Å². The van der Waals surface area contributed by atoms with Gasteiger partial charge in [-0.2, -0.15) is 0 Å². The topological polar surface area (TPSA) is 29.1 Å². The second-order valence-electron chi connectivity index (χ2n) is 4.49. The molecule has 2 rings (SSSR count). The maximum Gasteiger partial charge on any atom is 0.252 e. The molecular weight excluding hydrogens is 455 g/mol. The third kappa shape index (κ3) is 4.00. The number of amides is 1. The second-order valence-corrected chi connectivity index (χ2v) is 6.59. The minimum atomic E-state index is -0.641. The molecule has 2 aromatic carbocycles. The highest BCUT2D eigenvalue weighted by atomic mass is 127. The summed E-state index contributed by atoms with van der Waals surface area (Å²) in [7, 11) is 0. The number of carbonyl (C=O) groups excluding carboxylic acids is 1. The number of rotatable bonds is 3. The van der Waals surface area contributed by atoms with Crippen LogP contribution in [0, 0.1) is 15.2 Å². The fourth-order valence-corrected chi connectivity index (χ4v) is 2.79. The maximum absolute atomic E-state index is 13.7. The highest BCUT2D eigenvalue weighted by Gasteiger charge is 2.17. The summed E-state index contributed by atoms with van der Waals surface area (Å²) in [4.78, 5) is 12.2. The van der Waals surface area contributed by atoms with Gasteiger partial charge in [-0.3, -0.25) is 4.79 Å². The molecule has 0 aromatic heterocycles. The summed E-state index contributed by atoms with van der Waals surface area (Å²) in [5, 5.41) is 2.67. The fourth-order valence-electron chi connectivity index (χ4n) is 1.87. The molecule has 2 nitrogen and oxygen atoms in total. The Morgan fingerprint density at radius 3 is 2.67 bits per heavy atom. The Kier molecular flexibility index (Phi) is 5.32. The Labute approximate surface area is 143 Å². The SMILES string of the molecule is CC(NC(=O)c1cc(I)ccc1Br)c1cc(F)ccc1F. The van der Waals surface area contributed by atoms with E-state index in [1.165, 1.54) is 0 Å². The number of hydrogen-bond acceptors (Lipinski definition) is 1. The van der Waals surface area contributed by atoms with E-state index in [0.717, 1.165) is 21.8 Å². The van der Waals surface area contributed by atoms with Gasteiger partial charge in [0.2, 0.25) is 0 Å². The van der Waals surface area contributed by atoms with Gasteiger partial charge in [0.15, 0.2) is 0 Å². The quantitative estimate of drug-likeness (QED) is 0.647. The van der Waals surface area contributed by atoms with Crippen molar-refractivity contribution in [3.63, 3.8) is 0 Å². The van der Waals surface area contributed by atoms with Gasteiger partial charge in [0.05, 0.1) is 11.6 Å². The third-order valence-electron chi connectivity index (χ3n) is 2.95. The Hall–Kier alpha value is -1.02. The lowest BCUT2D eigenvalue weighted by Gasteiger charge is -2.16. The zero-order chi connectivity index (χ0) is 15.6. The molecule has 0 saturated heterocycles. The summed E-state index contributed by atoms with van der Waals surface area (Å²) >= 11 is 5.40. The first-order valence-corrected chi connectivity index (χ1v) is 7.96. The van der Waals surface area contributed by atoms with Crippen LogP contribution in [-0.2, 0) is 0 Å². The molecular formula is C15H11BrF2INO. The van der Waals surface area contributed by atoms with E-state index in [-0.39, 0.29) is 11.5 Å². The zero-order valence-electron chi connectivity index (χ0n) is 11.0. The van der Waals surface area contributed by atoms with Crippen LogP contribution < -0.4 is 5.32 Å². The first-order chi connectivity index (χ1) is 9.88. The predicted octanol–water partition coefficient (Wildman–Crippen LogP) is 4.82. The van der Waals surface area contributed by atoms with Gasteiger partial charge in [0, 0.05) is 13.6 Å². The average molecular weight is 466 g/mol. The van der Waals surface area contributed by atoms with Crippen LogP contribution in [-0.4, -0.2) is 5.91 Å². The van der Waals surface area contributed by atoms with Crippen LogP contribution in [0.3, 0.4) is 0 Å². The van der Waals surface area contributed by atoms with Crippen LogP contribution in [0.25, 0.3) is 0 Å². The van der Waals surface area contributed by atoms with Crippen molar-refractivity contribution in [2.75, 3.05) is 0 Å². The summed E-state index contributed by atoms with van der Waals surface area (Å²) in [5.74, 6) is -1.44. The Bertz CT molecular complexity index is 693. The number of benzene rings is 2. The van der Waals surface area contributed by atoms with Gasteiger partial charge in [0.1, 0.15) is 11.6 Å². The molecule has 110 valence electrons. The van der Waals surface area contributed by atoms with Gasteiger partial charge < -0.3 is 5.32 Å². The van der Waals surface area contributed by atoms with Crippen molar-refractivity contribution in [2.24, 2.45) is 0 Å². The molecule has 0 aliphatic carbocycles. The van der Waals surface area contributed by atoms with Crippen molar-refractivity contribution >= 4 is 44.4 Å². The molecule has 2 aromatic rings. The van der Waals surface area contributed by atoms with Gasteiger partial charge in [0.25, 0.3) is 5.91 Å². The van der Waals surface area contributed by atoms with Crippen molar-refractivity contribution in [1.82, 2.24) is 5.32 Å². The molecule has 0 heterocycles. The van der Waals surface area contributed by atoms with Crippen molar-refractivity contribution in [1.29, 1.82) is 0 Å². The zero-order valence-corrected chi connectivity index (χ0v) is 14.7. The lowest BCUT2D eigenvalue weighted by atomic mass is 10.1. The van der Waals surface area contributed by atoms with E-state index < -0.39 is 17.7 Å². The van der Waals surface area contributed by atoms with E-state index in [4.69, 9.17) is 0 Å². The second kappa shape index (κ2) is 6.83. The number of nitrogens with one attached hydrogen (secondary N) is 1. The summed E-state index contributed by atoms with van der Waals surface area (Å²) in [6, 6.07) is 7.89. The van der Waals surface area contributed by atoms with Crippen LogP contribution in [0.4, 0.5) is 8.78 Å². The average Bonchev–Trinajstić information content (AvgIpc) is 2.43. The van der Waals surface area contributed by atoms with Gasteiger partial charge in [-0.15, -0.1) is 0 Å². The number of halogens is 4. The molecule has 0 saturated carbocycles.